The average Bonchev–Trinajstić information content (AvgIpc) is 2.86. The van der Waals surface area contributed by atoms with Crippen LogP contribution in [0.1, 0.15) is 13.3 Å². The Labute approximate surface area is 116 Å². The lowest BCUT2D eigenvalue weighted by atomic mass is 10.1. The van der Waals surface area contributed by atoms with E-state index in [1.165, 1.54) is 6.07 Å². The highest BCUT2D eigenvalue weighted by molar-refractivity contribution is 5.92. The number of carbonyl (C=O) groups is 1. The maximum Gasteiger partial charge on any atom is 0.264 e. The molecule has 0 bridgehead atoms. The Hall–Kier alpha value is -2.34. The average molecular weight is 274 g/mol. The fourth-order valence-corrected chi connectivity index (χ4v) is 1.80. The highest BCUT2D eigenvalue weighted by Gasteiger charge is 2.03. The van der Waals surface area contributed by atoms with Gasteiger partial charge >= 0.3 is 0 Å². The third kappa shape index (κ3) is 3.83. The predicted octanol–water partition coefficient (Wildman–Crippen LogP) is 1.31. The van der Waals surface area contributed by atoms with Crippen LogP contribution >= 0.6 is 0 Å². The van der Waals surface area contributed by atoms with Crippen molar-refractivity contribution in [2.45, 2.75) is 13.3 Å². The van der Waals surface area contributed by atoms with Gasteiger partial charge in [-0.1, -0.05) is 19.1 Å². The lowest BCUT2D eigenvalue weighted by molar-refractivity contribution is -0.115. The number of anilines is 1. The zero-order valence-corrected chi connectivity index (χ0v) is 11.3. The van der Waals surface area contributed by atoms with E-state index < -0.39 is 0 Å². The lowest BCUT2D eigenvalue weighted by Gasteiger charge is -2.06. The van der Waals surface area contributed by atoms with Crippen molar-refractivity contribution in [1.82, 2.24) is 15.5 Å². The second kappa shape index (κ2) is 6.72. The number of hydrogen-bond donors (Lipinski definition) is 4. The van der Waals surface area contributed by atoms with E-state index in [2.05, 4.69) is 27.8 Å². The molecular formula is C14H18N4O2. The molecule has 0 spiro atoms. The molecule has 0 saturated carbocycles. The SMILES string of the molecule is CCCNCC(=O)Nc1ccc(-c2cc(=O)[nH][nH]2)cc1. The van der Waals surface area contributed by atoms with Crippen LogP contribution in [-0.2, 0) is 4.79 Å². The Bertz CT molecular complexity index is 613. The van der Waals surface area contributed by atoms with Crippen molar-refractivity contribution in [2.24, 2.45) is 0 Å². The fraction of sp³-hybridized carbons (Fsp3) is 0.286. The summed E-state index contributed by atoms with van der Waals surface area (Å²) >= 11 is 0. The highest BCUT2D eigenvalue weighted by Crippen LogP contribution is 2.17. The van der Waals surface area contributed by atoms with Crippen molar-refractivity contribution in [1.29, 1.82) is 0 Å². The van der Waals surface area contributed by atoms with Crippen LogP contribution in [0, 0.1) is 0 Å². The van der Waals surface area contributed by atoms with E-state index in [1.807, 2.05) is 12.1 Å². The third-order valence-corrected chi connectivity index (χ3v) is 2.79. The molecule has 0 radical (unpaired) electrons. The van der Waals surface area contributed by atoms with Crippen LogP contribution in [-0.4, -0.2) is 29.2 Å². The Morgan fingerprint density at radius 2 is 1.95 bits per heavy atom. The smallest absolute Gasteiger partial charge is 0.264 e. The van der Waals surface area contributed by atoms with Gasteiger partial charge in [-0.2, -0.15) is 0 Å². The molecule has 4 N–H and O–H groups in total. The van der Waals surface area contributed by atoms with Gasteiger partial charge in [-0.3, -0.25) is 19.8 Å². The number of rotatable bonds is 6. The molecule has 6 nitrogen and oxygen atoms in total. The van der Waals surface area contributed by atoms with Crippen LogP contribution in [0.15, 0.2) is 35.1 Å². The van der Waals surface area contributed by atoms with Gasteiger partial charge in [0.2, 0.25) is 5.91 Å². The van der Waals surface area contributed by atoms with Gasteiger partial charge in [0.1, 0.15) is 0 Å². The number of carbonyl (C=O) groups excluding carboxylic acids is 1. The van der Waals surface area contributed by atoms with Crippen molar-refractivity contribution in [3.05, 3.63) is 40.7 Å². The molecule has 0 fully saturated rings. The first-order valence-corrected chi connectivity index (χ1v) is 6.57. The molecule has 1 aromatic carbocycles. The van der Waals surface area contributed by atoms with Crippen molar-refractivity contribution in [3.8, 4) is 11.3 Å². The summed E-state index contributed by atoms with van der Waals surface area (Å²) in [4.78, 5) is 22.7. The summed E-state index contributed by atoms with van der Waals surface area (Å²) in [5.74, 6) is -0.0683. The topological polar surface area (TPSA) is 89.8 Å². The molecule has 6 heteroatoms. The van der Waals surface area contributed by atoms with Gasteiger partial charge in [-0.25, -0.2) is 0 Å². The minimum Gasteiger partial charge on any atom is -0.325 e. The fourth-order valence-electron chi connectivity index (χ4n) is 1.80. The molecular weight excluding hydrogens is 256 g/mol. The van der Waals surface area contributed by atoms with E-state index in [-0.39, 0.29) is 11.5 Å². The monoisotopic (exact) mass is 274 g/mol. The van der Waals surface area contributed by atoms with Crippen LogP contribution < -0.4 is 16.2 Å². The van der Waals surface area contributed by atoms with Gasteiger partial charge in [-0.15, -0.1) is 0 Å². The minimum atomic E-state index is -0.167. The van der Waals surface area contributed by atoms with Gasteiger partial charge < -0.3 is 10.6 Å². The van der Waals surface area contributed by atoms with Crippen molar-refractivity contribution >= 4 is 11.6 Å². The van der Waals surface area contributed by atoms with Crippen LogP contribution in [0.2, 0.25) is 0 Å². The summed E-state index contributed by atoms with van der Waals surface area (Å²) in [7, 11) is 0. The number of nitrogens with one attached hydrogen (secondary N) is 4. The molecule has 0 aliphatic rings. The summed E-state index contributed by atoms with van der Waals surface area (Å²) in [6.45, 7) is 3.18. The molecule has 0 saturated heterocycles. The predicted molar refractivity (Wildman–Crippen MR) is 78.6 cm³/mol. The lowest BCUT2D eigenvalue weighted by Crippen LogP contribution is -2.28. The zero-order chi connectivity index (χ0) is 14.4. The second-order valence-electron chi connectivity index (χ2n) is 4.47. The van der Waals surface area contributed by atoms with Gasteiger partial charge in [0, 0.05) is 11.8 Å². The standard InChI is InChI=1S/C14H18N4O2/c1-2-7-15-9-14(20)16-11-5-3-10(4-6-11)12-8-13(19)18-17-12/h3-6,8,15H,2,7,9H2,1H3,(H,16,20)(H2,17,18,19). The molecule has 2 rings (SSSR count). The first kappa shape index (κ1) is 14.1. The largest absolute Gasteiger partial charge is 0.325 e. The zero-order valence-electron chi connectivity index (χ0n) is 11.3. The van der Waals surface area contributed by atoms with E-state index in [9.17, 15) is 9.59 Å². The van der Waals surface area contributed by atoms with Crippen LogP contribution in [0.3, 0.4) is 0 Å². The third-order valence-electron chi connectivity index (χ3n) is 2.79. The van der Waals surface area contributed by atoms with Crippen molar-refractivity contribution in [2.75, 3.05) is 18.4 Å². The number of benzene rings is 1. The molecule has 0 unspecified atom stereocenters. The summed E-state index contributed by atoms with van der Waals surface area (Å²) < 4.78 is 0. The summed E-state index contributed by atoms with van der Waals surface area (Å²) in [6.07, 6.45) is 0.997. The van der Waals surface area contributed by atoms with E-state index in [0.29, 0.717) is 6.54 Å². The number of H-pyrrole nitrogens is 2. The van der Waals surface area contributed by atoms with Gasteiger partial charge in [0.15, 0.2) is 0 Å². The Balaban J connectivity index is 1.94. The Kier molecular flexibility index (Phi) is 4.73. The molecule has 20 heavy (non-hydrogen) atoms. The van der Waals surface area contributed by atoms with Crippen LogP contribution in [0.25, 0.3) is 11.3 Å². The molecule has 0 aliphatic heterocycles. The number of aromatic amines is 2. The summed E-state index contributed by atoms with van der Waals surface area (Å²) in [5, 5.41) is 11.1. The van der Waals surface area contributed by atoms with Crippen LogP contribution in [0.4, 0.5) is 5.69 Å². The molecule has 1 amide bonds. The number of hydrogen-bond acceptors (Lipinski definition) is 3. The van der Waals surface area contributed by atoms with Crippen molar-refractivity contribution < 1.29 is 4.79 Å². The highest BCUT2D eigenvalue weighted by atomic mass is 16.2. The molecule has 0 atom stereocenters. The maximum atomic E-state index is 11.6. The molecule has 1 heterocycles. The summed E-state index contributed by atoms with van der Waals surface area (Å²) in [5.41, 5.74) is 2.16. The van der Waals surface area contributed by atoms with Crippen LogP contribution in [0.5, 0.6) is 0 Å². The Morgan fingerprint density at radius 1 is 1.20 bits per heavy atom. The normalized spacial score (nSPS) is 10.4. The number of aromatic nitrogens is 2. The summed E-state index contributed by atoms with van der Waals surface area (Å²) in [6, 6.07) is 8.78. The first-order chi connectivity index (χ1) is 9.69. The molecule has 0 aliphatic carbocycles. The maximum absolute atomic E-state index is 11.6. The van der Waals surface area contributed by atoms with E-state index in [0.717, 1.165) is 29.9 Å². The van der Waals surface area contributed by atoms with Gasteiger partial charge in [-0.05, 0) is 30.7 Å². The molecule has 106 valence electrons. The van der Waals surface area contributed by atoms with Crippen molar-refractivity contribution in [3.63, 3.8) is 0 Å². The van der Waals surface area contributed by atoms with Gasteiger partial charge in [0.25, 0.3) is 5.56 Å². The van der Waals surface area contributed by atoms with E-state index in [4.69, 9.17) is 0 Å². The number of amides is 1. The molecule has 2 aromatic rings. The van der Waals surface area contributed by atoms with E-state index in [1.54, 1.807) is 12.1 Å². The minimum absolute atomic E-state index is 0.0683. The molecule has 1 aromatic heterocycles. The quantitative estimate of drug-likeness (QED) is 0.599. The van der Waals surface area contributed by atoms with Gasteiger partial charge in [0.05, 0.1) is 12.2 Å². The first-order valence-electron chi connectivity index (χ1n) is 6.57. The van der Waals surface area contributed by atoms with E-state index >= 15 is 0 Å². The Morgan fingerprint density at radius 3 is 2.55 bits per heavy atom. The second-order valence-corrected chi connectivity index (χ2v) is 4.47.